The smallest absolute Gasteiger partial charge is 0.241 e. The standard InChI is InChI=1S/C16H20N2O2/c1-10(2)15(17)16(19)18-12-8-11-6-4-5-7-13(11)14(9-12)20-3/h4-10,15H,17H2,1-3H3,(H,18,19)/t15-/m1/s1. The molecule has 0 radical (unpaired) electrons. The molecule has 3 N–H and O–H groups in total. The van der Waals surface area contributed by atoms with Gasteiger partial charge in [0.05, 0.1) is 13.2 Å². The Bertz CT molecular complexity index is 623. The number of nitrogens with two attached hydrogens (primary N) is 1. The molecule has 0 heterocycles. The maximum Gasteiger partial charge on any atom is 0.241 e. The van der Waals surface area contributed by atoms with Crippen LogP contribution in [0.3, 0.4) is 0 Å². The minimum Gasteiger partial charge on any atom is -0.496 e. The van der Waals surface area contributed by atoms with Crippen LogP contribution in [0.5, 0.6) is 5.75 Å². The first-order chi connectivity index (χ1) is 9.52. The van der Waals surface area contributed by atoms with Crippen molar-refractivity contribution in [2.75, 3.05) is 12.4 Å². The molecular weight excluding hydrogens is 252 g/mol. The summed E-state index contributed by atoms with van der Waals surface area (Å²) in [5, 5.41) is 4.88. The minimum absolute atomic E-state index is 0.0948. The van der Waals surface area contributed by atoms with E-state index in [1.807, 2.05) is 50.2 Å². The van der Waals surface area contributed by atoms with Gasteiger partial charge in [-0.25, -0.2) is 0 Å². The molecule has 0 unspecified atom stereocenters. The summed E-state index contributed by atoms with van der Waals surface area (Å²) in [5.74, 6) is 0.645. The maximum atomic E-state index is 12.0. The van der Waals surface area contributed by atoms with E-state index in [0.717, 1.165) is 16.5 Å². The quantitative estimate of drug-likeness (QED) is 0.899. The van der Waals surface area contributed by atoms with Crippen LogP contribution in [0.4, 0.5) is 5.69 Å². The molecule has 0 saturated carbocycles. The summed E-state index contributed by atoms with van der Waals surface area (Å²) < 4.78 is 5.38. The lowest BCUT2D eigenvalue weighted by Gasteiger charge is -2.16. The molecule has 0 spiro atoms. The zero-order valence-electron chi connectivity index (χ0n) is 12.0. The van der Waals surface area contributed by atoms with E-state index in [4.69, 9.17) is 10.5 Å². The minimum atomic E-state index is -0.521. The number of nitrogens with one attached hydrogen (secondary N) is 1. The molecule has 0 bridgehead atoms. The Balaban J connectivity index is 2.33. The molecule has 1 atom stereocenters. The van der Waals surface area contributed by atoms with Crippen LogP contribution in [0, 0.1) is 5.92 Å². The van der Waals surface area contributed by atoms with Crippen molar-refractivity contribution >= 4 is 22.4 Å². The van der Waals surface area contributed by atoms with Crippen molar-refractivity contribution in [2.45, 2.75) is 19.9 Å². The lowest BCUT2D eigenvalue weighted by molar-refractivity contribution is -0.118. The Hall–Kier alpha value is -2.07. The van der Waals surface area contributed by atoms with Crippen LogP contribution in [-0.4, -0.2) is 19.1 Å². The molecule has 0 saturated heterocycles. The third kappa shape index (κ3) is 2.91. The van der Waals surface area contributed by atoms with Gasteiger partial charge in [-0.2, -0.15) is 0 Å². The highest BCUT2D eigenvalue weighted by atomic mass is 16.5. The molecule has 106 valence electrons. The number of carbonyl (C=O) groups excluding carboxylic acids is 1. The van der Waals surface area contributed by atoms with Gasteiger partial charge in [0.2, 0.25) is 5.91 Å². The first kappa shape index (κ1) is 14.3. The summed E-state index contributed by atoms with van der Waals surface area (Å²) in [6.07, 6.45) is 0. The van der Waals surface area contributed by atoms with E-state index in [2.05, 4.69) is 5.32 Å². The Morgan fingerprint density at radius 3 is 2.60 bits per heavy atom. The average Bonchev–Trinajstić information content (AvgIpc) is 2.45. The van der Waals surface area contributed by atoms with Crippen molar-refractivity contribution in [3.05, 3.63) is 36.4 Å². The van der Waals surface area contributed by atoms with E-state index in [-0.39, 0.29) is 11.8 Å². The number of ether oxygens (including phenoxy) is 1. The van der Waals surface area contributed by atoms with E-state index < -0.39 is 6.04 Å². The lowest BCUT2D eigenvalue weighted by Crippen LogP contribution is -2.39. The predicted molar refractivity (Wildman–Crippen MR) is 81.9 cm³/mol. The number of amides is 1. The number of benzene rings is 2. The van der Waals surface area contributed by atoms with Gasteiger partial charge < -0.3 is 15.8 Å². The van der Waals surface area contributed by atoms with Gasteiger partial charge in [0.1, 0.15) is 5.75 Å². The normalized spacial score (nSPS) is 12.4. The molecular formula is C16H20N2O2. The second kappa shape index (κ2) is 5.92. The fourth-order valence-electron chi connectivity index (χ4n) is 2.04. The van der Waals surface area contributed by atoms with Crippen molar-refractivity contribution in [2.24, 2.45) is 11.7 Å². The van der Waals surface area contributed by atoms with Crippen LogP contribution >= 0.6 is 0 Å². The van der Waals surface area contributed by atoms with E-state index in [0.29, 0.717) is 5.69 Å². The van der Waals surface area contributed by atoms with Gasteiger partial charge in [-0.3, -0.25) is 4.79 Å². The number of hydrogen-bond acceptors (Lipinski definition) is 3. The summed E-state index contributed by atoms with van der Waals surface area (Å²) in [6.45, 7) is 3.84. The zero-order valence-corrected chi connectivity index (χ0v) is 12.0. The number of hydrogen-bond donors (Lipinski definition) is 2. The number of anilines is 1. The average molecular weight is 272 g/mol. The molecule has 2 rings (SSSR count). The Morgan fingerprint density at radius 2 is 1.95 bits per heavy atom. The van der Waals surface area contributed by atoms with E-state index in [1.165, 1.54) is 0 Å². The van der Waals surface area contributed by atoms with Gasteiger partial charge in [0.15, 0.2) is 0 Å². The van der Waals surface area contributed by atoms with Crippen molar-refractivity contribution in [1.82, 2.24) is 0 Å². The summed E-state index contributed by atoms with van der Waals surface area (Å²) >= 11 is 0. The van der Waals surface area contributed by atoms with Crippen LogP contribution in [-0.2, 0) is 4.79 Å². The zero-order chi connectivity index (χ0) is 14.7. The summed E-state index contributed by atoms with van der Waals surface area (Å²) in [5.41, 5.74) is 6.54. The van der Waals surface area contributed by atoms with Gasteiger partial charge in [0, 0.05) is 17.1 Å². The third-order valence-corrected chi connectivity index (χ3v) is 3.33. The molecule has 4 nitrogen and oxygen atoms in total. The molecule has 0 fully saturated rings. The number of carbonyl (C=O) groups is 1. The van der Waals surface area contributed by atoms with Crippen LogP contribution in [0.2, 0.25) is 0 Å². The highest BCUT2D eigenvalue weighted by molar-refractivity contribution is 5.99. The fourth-order valence-corrected chi connectivity index (χ4v) is 2.04. The van der Waals surface area contributed by atoms with Crippen molar-refractivity contribution in [1.29, 1.82) is 0 Å². The first-order valence-corrected chi connectivity index (χ1v) is 6.66. The SMILES string of the molecule is COc1cc(NC(=O)[C@H](N)C(C)C)cc2ccccc12. The molecule has 4 heteroatoms. The molecule has 1 amide bonds. The summed E-state index contributed by atoms with van der Waals surface area (Å²) in [4.78, 5) is 12.0. The Morgan fingerprint density at radius 1 is 1.25 bits per heavy atom. The fraction of sp³-hybridized carbons (Fsp3) is 0.312. The van der Waals surface area contributed by atoms with E-state index >= 15 is 0 Å². The van der Waals surface area contributed by atoms with Crippen LogP contribution in [0.25, 0.3) is 10.8 Å². The van der Waals surface area contributed by atoms with E-state index in [9.17, 15) is 4.79 Å². The third-order valence-electron chi connectivity index (χ3n) is 3.33. The Labute approximate surface area is 118 Å². The lowest BCUT2D eigenvalue weighted by atomic mass is 10.0. The number of methoxy groups -OCH3 is 1. The number of rotatable bonds is 4. The summed E-state index contributed by atoms with van der Waals surface area (Å²) in [7, 11) is 1.62. The van der Waals surface area contributed by atoms with Crippen molar-refractivity contribution in [3.8, 4) is 5.75 Å². The maximum absolute atomic E-state index is 12.0. The van der Waals surface area contributed by atoms with Gasteiger partial charge >= 0.3 is 0 Å². The Kier molecular flexibility index (Phi) is 4.25. The van der Waals surface area contributed by atoms with E-state index in [1.54, 1.807) is 7.11 Å². The van der Waals surface area contributed by atoms with Gasteiger partial charge in [0.25, 0.3) is 0 Å². The molecule has 2 aromatic carbocycles. The highest BCUT2D eigenvalue weighted by Gasteiger charge is 2.17. The molecule has 2 aromatic rings. The first-order valence-electron chi connectivity index (χ1n) is 6.66. The van der Waals surface area contributed by atoms with Crippen LogP contribution < -0.4 is 15.8 Å². The second-order valence-corrected chi connectivity index (χ2v) is 5.16. The molecule has 0 aliphatic carbocycles. The second-order valence-electron chi connectivity index (χ2n) is 5.16. The van der Waals surface area contributed by atoms with Gasteiger partial charge in [-0.1, -0.05) is 38.1 Å². The molecule has 0 aliphatic rings. The van der Waals surface area contributed by atoms with Crippen molar-refractivity contribution < 1.29 is 9.53 Å². The highest BCUT2D eigenvalue weighted by Crippen LogP contribution is 2.29. The van der Waals surface area contributed by atoms with Gasteiger partial charge in [-0.05, 0) is 17.4 Å². The van der Waals surface area contributed by atoms with Crippen molar-refractivity contribution in [3.63, 3.8) is 0 Å². The number of fused-ring (bicyclic) bond motifs is 1. The largest absolute Gasteiger partial charge is 0.496 e. The van der Waals surface area contributed by atoms with Crippen LogP contribution in [0.15, 0.2) is 36.4 Å². The molecule has 0 aromatic heterocycles. The monoisotopic (exact) mass is 272 g/mol. The topological polar surface area (TPSA) is 64.3 Å². The molecule has 20 heavy (non-hydrogen) atoms. The van der Waals surface area contributed by atoms with Crippen LogP contribution in [0.1, 0.15) is 13.8 Å². The van der Waals surface area contributed by atoms with Gasteiger partial charge in [-0.15, -0.1) is 0 Å². The predicted octanol–water partition coefficient (Wildman–Crippen LogP) is 2.77. The molecule has 0 aliphatic heterocycles. The summed E-state index contributed by atoms with van der Waals surface area (Å²) in [6, 6.07) is 11.1.